The number of benzene rings is 4. The largest absolute Gasteiger partial charge is 0.493 e. The summed E-state index contributed by atoms with van der Waals surface area (Å²) in [4.78, 5) is 47.1. The highest BCUT2D eigenvalue weighted by Crippen LogP contribution is 2.36. The van der Waals surface area contributed by atoms with Crippen molar-refractivity contribution >= 4 is 40.7 Å². The number of hydrogen-bond donors (Lipinski definition) is 1. The molecule has 1 heterocycles. The van der Waals surface area contributed by atoms with Crippen molar-refractivity contribution < 1.29 is 23.9 Å². The van der Waals surface area contributed by atoms with Crippen LogP contribution in [0.25, 0.3) is 6.08 Å². The van der Waals surface area contributed by atoms with Gasteiger partial charge in [0.25, 0.3) is 11.8 Å². The van der Waals surface area contributed by atoms with Gasteiger partial charge in [0.1, 0.15) is 12.2 Å². The van der Waals surface area contributed by atoms with E-state index >= 15 is 0 Å². The molecule has 0 radical (unpaired) electrons. The summed E-state index contributed by atoms with van der Waals surface area (Å²) in [5, 5.41) is 3.19. The molecule has 1 N–H and O–H groups in total. The third-order valence-corrected chi connectivity index (χ3v) is 9.40. The molecule has 0 aliphatic carbocycles. The van der Waals surface area contributed by atoms with Crippen LogP contribution in [0.5, 0.6) is 11.5 Å². The molecule has 0 saturated carbocycles. The van der Waals surface area contributed by atoms with E-state index in [1.807, 2.05) is 97.9 Å². The monoisotopic (exact) mass is 737 g/mol. The Kier molecular flexibility index (Phi) is 13.8. The minimum atomic E-state index is -0.724. The van der Waals surface area contributed by atoms with Crippen molar-refractivity contribution in [2.24, 2.45) is 4.99 Å². The predicted octanol–water partition coefficient (Wildman–Crippen LogP) is 8.70. The molecule has 0 bridgehead atoms. The summed E-state index contributed by atoms with van der Waals surface area (Å²) in [6.45, 7) is 11.8. The van der Waals surface area contributed by atoms with Gasteiger partial charge in [-0.2, -0.15) is 4.99 Å². The van der Waals surface area contributed by atoms with E-state index < -0.39 is 17.9 Å². The second-order valence-corrected chi connectivity index (χ2v) is 13.2. The van der Waals surface area contributed by atoms with E-state index in [0.29, 0.717) is 35.8 Å². The third kappa shape index (κ3) is 9.81. The Morgan fingerprint density at radius 1 is 0.963 bits per heavy atom. The minimum absolute atomic E-state index is 0.0832. The van der Waals surface area contributed by atoms with Gasteiger partial charge in [-0.1, -0.05) is 133 Å². The van der Waals surface area contributed by atoms with Crippen LogP contribution in [0.3, 0.4) is 0 Å². The van der Waals surface area contributed by atoms with Gasteiger partial charge in [0, 0.05) is 11.3 Å². The van der Waals surface area contributed by atoms with Gasteiger partial charge in [-0.25, -0.2) is 0 Å². The first-order valence-corrected chi connectivity index (χ1v) is 18.4. The van der Waals surface area contributed by atoms with Crippen molar-refractivity contribution in [2.75, 3.05) is 12.9 Å². The second kappa shape index (κ2) is 19.0. The Morgan fingerprint density at radius 3 is 2.22 bits per heavy atom. The fourth-order valence-corrected chi connectivity index (χ4v) is 6.60. The van der Waals surface area contributed by atoms with Crippen LogP contribution in [-0.4, -0.2) is 40.7 Å². The van der Waals surface area contributed by atoms with Gasteiger partial charge >= 0.3 is 0 Å². The molecule has 4 aromatic rings. The third-order valence-electron chi connectivity index (χ3n) is 8.47. The zero-order valence-corrected chi connectivity index (χ0v) is 31.5. The molecule has 0 fully saturated rings. The SMILES string of the molecule is C=C/C=C\C(=C/C)N1C(=O)/C(=C/c2cc(CC=C)c(OCc3ccc(C)cc3)c(OC)c2)C(=O)N=C1SCC(=O)NC(c1ccccc1)c1ccccc1. The van der Waals surface area contributed by atoms with Gasteiger partial charge in [0.05, 0.1) is 18.9 Å². The van der Waals surface area contributed by atoms with Crippen molar-refractivity contribution in [3.8, 4) is 11.5 Å². The smallest absolute Gasteiger partial charge is 0.285 e. The van der Waals surface area contributed by atoms with E-state index in [2.05, 4.69) is 23.5 Å². The molecule has 9 heteroatoms. The number of aryl methyl sites for hydroxylation is 1. The lowest BCUT2D eigenvalue weighted by Gasteiger charge is -2.28. The van der Waals surface area contributed by atoms with Gasteiger partial charge in [-0.15, -0.1) is 6.58 Å². The van der Waals surface area contributed by atoms with Crippen LogP contribution in [-0.2, 0) is 27.4 Å². The lowest BCUT2D eigenvalue weighted by atomic mass is 9.99. The van der Waals surface area contributed by atoms with Crippen molar-refractivity contribution in [3.63, 3.8) is 0 Å². The number of rotatable bonds is 15. The number of carbonyl (C=O) groups is 3. The number of amides is 3. The van der Waals surface area contributed by atoms with Gasteiger partial charge in [-0.05, 0) is 66.8 Å². The summed E-state index contributed by atoms with van der Waals surface area (Å²) < 4.78 is 12.0. The highest BCUT2D eigenvalue weighted by atomic mass is 32.2. The topological polar surface area (TPSA) is 97.3 Å². The second-order valence-electron chi connectivity index (χ2n) is 12.3. The molecule has 0 saturated heterocycles. The minimum Gasteiger partial charge on any atom is -0.493 e. The highest BCUT2D eigenvalue weighted by Gasteiger charge is 2.35. The zero-order valence-electron chi connectivity index (χ0n) is 30.7. The van der Waals surface area contributed by atoms with E-state index in [1.54, 1.807) is 43.4 Å². The molecular weight excluding hydrogens is 695 g/mol. The van der Waals surface area contributed by atoms with Crippen molar-refractivity contribution in [2.45, 2.75) is 32.9 Å². The number of carbonyl (C=O) groups excluding carboxylic acids is 3. The van der Waals surface area contributed by atoms with Crippen LogP contribution in [0, 0.1) is 6.92 Å². The van der Waals surface area contributed by atoms with E-state index in [4.69, 9.17) is 9.47 Å². The predicted molar refractivity (Wildman–Crippen MR) is 218 cm³/mol. The Hall–Kier alpha value is -6.19. The summed E-state index contributed by atoms with van der Waals surface area (Å²) in [5.41, 5.74) is 5.62. The summed E-state index contributed by atoms with van der Waals surface area (Å²) in [6.07, 6.45) is 10.4. The molecule has 0 atom stereocenters. The van der Waals surface area contributed by atoms with E-state index in [-0.39, 0.29) is 22.4 Å². The van der Waals surface area contributed by atoms with E-state index in [1.165, 1.54) is 18.1 Å². The maximum absolute atomic E-state index is 14.3. The fraction of sp³-hybridized carbons (Fsp3) is 0.156. The van der Waals surface area contributed by atoms with Gasteiger partial charge in [-0.3, -0.25) is 19.3 Å². The molecule has 4 aromatic carbocycles. The number of aliphatic imine (C=N–C) groups is 1. The molecule has 0 spiro atoms. The van der Waals surface area contributed by atoms with Crippen molar-refractivity contribution in [1.29, 1.82) is 0 Å². The first-order valence-electron chi connectivity index (χ1n) is 17.4. The molecule has 1 aliphatic heterocycles. The number of ether oxygens (including phenoxy) is 2. The Balaban J connectivity index is 1.44. The Bertz CT molecular complexity index is 2080. The molecule has 3 amide bonds. The number of nitrogens with zero attached hydrogens (tertiary/aromatic N) is 2. The Labute approximate surface area is 321 Å². The normalized spacial score (nSPS) is 14.0. The lowest BCUT2D eigenvalue weighted by molar-refractivity contribution is -0.126. The molecule has 274 valence electrons. The van der Waals surface area contributed by atoms with Crippen LogP contribution < -0.4 is 14.8 Å². The van der Waals surface area contributed by atoms with Crippen LogP contribution >= 0.6 is 11.8 Å². The summed E-state index contributed by atoms with van der Waals surface area (Å²) in [7, 11) is 1.54. The number of nitrogens with one attached hydrogen (secondary N) is 1. The van der Waals surface area contributed by atoms with Crippen molar-refractivity contribution in [1.82, 2.24) is 10.2 Å². The molecule has 0 aromatic heterocycles. The standard InChI is InChI=1S/C45H43N3O5S/c1-6-9-21-37(8-3)48-44(51)38(27-33-26-36(16-7-2)42(39(28-33)52-5)53-29-32-24-22-31(4)23-25-32)43(50)47-45(48)54-30-40(49)46-41(34-17-12-10-13-18-34)35-19-14-11-15-20-35/h6-15,17-28,41H,1-2,16,29-30H2,3-5H3,(H,46,49)/b21-9-,37-8+,38-27+. The maximum Gasteiger partial charge on any atom is 0.285 e. The van der Waals surface area contributed by atoms with Gasteiger partial charge in [0.2, 0.25) is 5.91 Å². The quantitative estimate of drug-likeness (QED) is 0.0568. The summed E-state index contributed by atoms with van der Waals surface area (Å²) >= 11 is 1.01. The van der Waals surface area contributed by atoms with E-state index in [9.17, 15) is 14.4 Å². The molecule has 5 rings (SSSR count). The summed E-state index contributed by atoms with van der Waals surface area (Å²) in [6, 6.07) is 30.6. The van der Waals surface area contributed by atoms with E-state index in [0.717, 1.165) is 39.6 Å². The summed E-state index contributed by atoms with van der Waals surface area (Å²) in [5.74, 6) is -0.714. The maximum atomic E-state index is 14.3. The molecule has 1 aliphatic rings. The zero-order chi connectivity index (χ0) is 38.5. The lowest BCUT2D eigenvalue weighted by Crippen LogP contribution is -2.42. The molecule has 8 nitrogen and oxygen atoms in total. The van der Waals surface area contributed by atoms with Crippen LogP contribution in [0.2, 0.25) is 0 Å². The Morgan fingerprint density at radius 2 is 1.63 bits per heavy atom. The number of allylic oxidation sites excluding steroid dienone is 5. The molecular formula is C45H43N3O5S. The first kappa shape index (κ1) is 39.0. The van der Waals surface area contributed by atoms with Crippen LogP contribution in [0.15, 0.2) is 157 Å². The number of methoxy groups -OCH3 is 1. The van der Waals surface area contributed by atoms with Crippen LogP contribution in [0.1, 0.15) is 46.3 Å². The van der Waals surface area contributed by atoms with Crippen LogP contribution in [0.4, 0.5) is 0 Å². The van der Waals surface area contributed by atoms with Gasteiger partial charge in [0.15, 0.2) is 16.7 Å². The number of thioether (sulfide) groups is 1. The number of hydrogen-bond acceptors (Lipinski definition) is 6. The van der Waals surface area contributed by atoms with Gasteiger partial charge < -0.3 is 14.8 Å². The number of amidine groups is 1. The first-order chi connectivity index (χ1) is 26.3. The molecule has 0 unspecified atom stereocenters. The average Bonchev–Trinajstić information content (AvgIpc) is 3.19. The highest BCUT2D eigenvalue weighted by molar-refractivity contribution is 8.14. The molecule has 54 heavy (non-hydrogen) atoms. The van der Waals surface area contributed by atoms with Crippen molar-refractivity contribution in [3.05, 3.63) is 185 Å². The fourth-order valence-electron chi connectivity index (χ4n) is 5.79. The average molecular weight is 738 g/mol.